The molecule has 28 heavy (non-hydrogen) atoms. The van der Waals surface area contributed by atoms with Crippen LogP contribution in [0.3, 0.4) is 0 Å². The van der Waals surface area contributed by atoms with Crippen LogP contribution in [-0.4, -0.2) is 70.8 Å². The molecule has 4 rings (SSSR count). The lowest BCUT2D eigenvalue weighted by atomic mass is 9.96. The van der Waals surface area contributed by atoms with Gasteiger partial charge < -0.3 is 10.2 Å². The first kappa shape index (κ1) is 18.9. The Morgan fingerprint density at radius 3 is 2.46 bits per heavy atom. The van der Waals surface area contributed by atoms with Gasteiger partial charge in [0.25, 0.3) is 5.91 Å². The molecule has 2 heterocycles. The third-order valence-corrected chi connectivity index (χ3v) is 6.37. The maximum absolute atomic E-state index is 12.7. The number of carbonyl (C=O) groups excluding carboxylic acids is 3. The summed E-state index contributed by atoms with van der Waals surface area (Å²) in [5, 5.41) is 2.80. The fourth-order valence-corrected chi connectivity index (χ4v) is 4.22. The fourth-order valence-electron chi connectivity index (χ4n) is 4.22. The molecule has 1 aromatic rings. The summed E-state index contributed by atoms with van der Waals surface area (Å²) in [5.41, 5.74) is 1.75. The zero-order valence-corrected chi connectivity index (χ0v) is 16.6. The Morgan fingerprint density at radius 2 is 1.82 bits per heavy atom. The maximum atomic E-state index is 12.7. The number of urea groups is 1. The van der Waals surface area contributed by atoms with Gasteiger partial charge in [-0.2, -0.15) is 0 Å². The minimum atomic E-state index is -0.830. The Kier molecular flexibility index (Phi) is 4.87. The van der Waals surface area contributed by atoms with Crippen molar-refractivity contribution in [3.05, 3.63) is 35.4 Å². The summed E-state index contributed by atoms with van der Waals surface area (Å²) in [6, 6.07) is 7.91. The molecule has 1 saturated carbocycles. The fraction of sp³-hybridized carbons (Fsp3) is 0.571. The zero-order valence-electron chi connectivity index (χ0n) is 16.6. The van der Waals surface area contributed by atoms with E-state index in [1.54, 1.807) is 11.8 Å². The first-order chi connectivity index (χ1) is 13.4. The predicted molar refractivity (Wildman–Crippen MR) is 104 cm³/mol. The molecule has 3 fully saturated rings. The van der Waals surface area contributed by atoms with E-state index in [1.165, 1.54) is 11.1 Å². The Bertz CT molecular complexity index is 799. The van der Waals surface area contributed by atoms with E-state index >= 15 is 0 Å². The van der Waals surface area contributed by atoms with Crippen LogP contribution >= 0.6 is 0 Å². The molecule has 7 heteroatoms. The predicted octanol–water partition coefficient (Wildman–Crippen LogP) is 1.36. The number of nitrogens with one attached hydrogen (secondary N) is 1. The summed E-state index contributed by atoms with van der Waals surface area (Å²) in [5.74, 6) is -0.209. The van der Waals surface area contributed by atoms with Crippen LogP contribution in [0.4, 0.5) is 4.79 Å². The molecular formula is C21H28N4O3. The average molecular weight is 384 g/mol. The molecule has 4 amide bonds. The number of hydrogen-bond donors (Lipinski definition) is 1. The SMILES string of the molecule is Cc1ccccc1CN1CCN(C(=O)CN2C(=O)NC(C)(C3CC3)C2=O)CC1. The minimum Gasteiger partial charge on any atom is -0.339 e. The summed E-state index contributed by atoms with van der Waals surface area (Å²) in [6.07, 6.45) is 1.90. The summed E-state index contributed by atoms with van der Waals surface area (Å²) in [6.45, 7) is 7.43. The Balaban J connectivity index is 1.30. The van der Waals surface area contributed by atoms with E-state index in [4.69, 9.17) is 0 Å². The summed E-state index contributed by atoms with van der Waals surface area (Å²) < 4.78 is 0. The van der Waals surface area contributed by atoms with Crippen LogP contribution in [0.1, 0.15) is 30.9 Å². The summed E-state index contributed by atoms with van der Waals surface area (Å²) in [4.78, 5) is 42.8. The highest BCUT2D eigenvalue weighted by atomic mass is 16.2. The number of piperazine rings is 1. The number of aryl methyl sites for hydroxylation is 1. The highest BCUT2D eigenvalue weighted by Crippen LogP contribution is 2.42. The quantitative estimate of drug-likeness (QED) is 0.778. The second kappa shape index (κ2) is 7.20. The molecule has 7 nitrogen and oxygen atoms in total. The highest BCUT2D eigenvalue weighted by Gasteiger charge is 2.56. The molecule has 150 valence electrons. The molecule has 1 aliphatic carbocycles. The van der Waals surface area contributed by atoms with Crippen LogP contribution in [0.25, 0.3) is 0 Å². The van der Waals surface area contributed by atoms with Gasteiger partial charge in [-0.3, -0.25) is 19.4 Å². The van der Waals surface area contributed by atoms with Crippen molar-refractivity contribution in [3.63, 3.8) is 0 Å². The first-order valence-electron chi connectivity index (χ1n) is 10.1. The van der Waals surface area contributed by atoms with E-state index in [2.05, 4.69) is 35.3 Å². The number of carbonyl (C=O) groups is 3. The van der Waals surface area contributed by atoms with Gasteiger partial charge in [0.1, 0.15) is 12.1 Å². The van der Waals surface area contributed by atoms with Gasteiger partial charge in [-0.1, -0.05) is 24.3 Å². The van der Waals surface area contributed by atoms with E-state index in [-0.39, 0.29) is 24.3 Å². The van der Waals surface area contributed by atoms with Crippen molar-refractivity contribution < 1.29 is 14.4 Å². The Morgan fingerprint density at radius 1 is 1.14 bits per heavy atom. The molecule has 1 unspecified atom stereocenters. The van der Waals surface area contributed by atoms with Gasteiger partial charge in [-0.25, -0.2) is 4.79 Å². The molecule has 0 radical (unpaired) electrons. The van der Waals surface area contributed by atoms with Crippen molar-refractivity contribution in [2.24, 2.45) is 5.92 Å². The third kappa shape index (κ3) is 3.51. The largest absolute Gasteiger partial charge is 0.339 e. The topological polar surface area (TPSA) is 73.0 Å². The number of amides is 4. The number of imide groups is 1. The van der Waals surface area contributed by atoms with Gasteiger partial charge in [-0.15, -0.1) is 0 Å². The summed E-state index contributed by atoms with van der Waals surface area (Å²) in [7, 11) is 0. The van der Waals surface area contributed by atoms with Crippen molar-refractivity contribution in [1.82, 2.24) is 20.0 Å². The molecule has 1 aromatic carbocycles. The Labute approximate surface area is 165 Å². The lowest BCUT2D eigenvalue weighted by molar-refractivity contribution is -0.140. The second-order valence-electron chi connectivity index (χ2n) is 8.38. The second-order valence-corrected chi connectivity index (χ2v) is 8.38. The molecule has 1 atom stereocenters. The molecule has 0 bridgehead atoms. The van der Waals surface area contributed by atoms with Crippen molar-refractivity contribution in [2.75, 3.05) is 32.7 Å². The van der Waals surface area contributed by atoms with Crippen molar-refractivity contribution in [1.29, 1.82) is 0 Å². The van der Waals surface area contributed by atoms with Crippen LogP contribution < -0.4 is 5.32 Å². The van der Waals surface area contributed by atoms with Gasteiger partial charge in [-0.05, 0) is 43.7 Å². The Hall–Kier alpha value is -2.41. The lowest BCUT2D eigenvalue weighted by Crippen LogP contribution is -2.52. The van der Waals surface area contributed by atoms with E-state index in [0.29, 0.717) is 13.1 Å². The van der Waals surface area contributed by atoms with Crippen LogP contribution in [0, 0.1) is 12.8 Å². The van der Waals surface area contributed by atoms with Gasteiger partial charge in [0.05, 0.1) is 0 Å². The van der Waals surface area contributed by atoms with Crippen LogP contribution in [0.2, 0.25) is 0 Å². The standard InChI is InChI=1S/C21H28N4O3/c1-15-5-3-4-6-16(15)13-23-9-11-24(12-10-23)18(26)14-25-19(27)21(2,17-7-8-17)22-20(25)28/h3-6,17H,7-14H2,1-2H3,(H,22,28). The first-order valence-corrected chi connectivity index (χ1v) is 10.1. The van der Waals surface area contributed by atoms with Crippen molar-refractivity contribution in [2.45, 2.75) is 38.8 Å². The van der Waals surface area contributed by atoms with E-state index in [1.807, 2.05) is 6.07 Å². The molecule has 1 N–H and O–H groups in total. The number of benzene rings is 1. The lowest BCUT2D eigenvalue weighted by Gasteiger charge is -2.35. The van der Waals surface area contributed by atoms with Crippen LogP contribution in [0.15, 0.2) is 24.3 Å². The monoisotopic (exact) mass is 384 g/mol. The van der Waals surface area contributed by atoms with E-state index in [0.717, 1.165) is 37.4 Å². The number of nitrogens with zero attached hydrogens (tertiary/aromatic N) is 3. The maximum Gasteiger partial charge on any atom is 0.325 e. The third-order valence-electron chi connectivity index (χ3n) is 6.37. The van der Waals surface area contributed by atoms with Gasteiger partial charge in [0.15, 0.2) is 0 Å². The summed E-state index contributed by atoms with van der Waals surface area (Å²) >= 11 is 0. The number of rotatable bonds is 5. The van der Waals surface area contributed by atoms with E-state index < -0.39 is 11.6 Å². The van der Waals surface area contributed by atoms with Gasteiger partial charge in [0.2, 0.25) is 5.91 Å². The molecule has 3 aliphatic rings. The average Bonchev–Trinajstić information content (AvgIpc) is 3.50. The van der Waals surface area contributed by atoms with Crippen molar-refractivity contribution >= 4 is 17.8 Å². The number of hydrogen-bond acceptors (Lipinski definition) is 4. The minimum absolute atomic E-state index is 0.154. The highest BCUT2D eigenvalue weighted by molar-refractivity contribution is 6.09. The van der Waals surface area contributed by atoms with Crippen LogP contribution in [0.5, 0.6) is 0 Å². The van der Waals surface area contributed by atoms with Gasteiger partial charge >= 0.3 is 6.03 Å². The zero-order chi connectivity index (χ0) is 19.9. The van der Waals surface area contributed by atoms with Crippen molar-refractivity contribution in [3.8, 4) is 0 Å². The molecule has 0 spiro atoms. The molecule has 2 saturated heterocycles. The molecule has 0 aromatic heterocycles. The van der Waals surface area contributed by atoms with Gasteiger partial charge in [0, 0.05) is 32.7 Å². The normalized spacial score (nSPS) is 25.9. The molecule has 2 aliphatic heterocycles. The molecular weight excluding hydrogens is 356 g/mol. The smallest absolute Gasteiger partial charge is 0.325 e. The van der Waals surface area contributed by atoms with E-state index in [9.17, 15) is 14.4 Å². The van der Waals surface area contributed by atoms with Crippen LogP contribution in [-0.2, 0) is 16.1 Å².